The van der Waals surface area contributed by atoms with Crippen LogP contribution in [0.1, 0.15) is 35.2 Å². The smallest absolute Gasteiger partial charge is 0.338 e. The quantitative estimate of drug-likeness (QED) is 0.626. The molecule has 0 amide bonds. The van der Waals surface area contributed by atoms with Crippen molar-refractivity contribution < 1.29 is 17.9 Å². The van der Waals surface area contributed by atoms with E-state index in [1.54, 1.807) is 18.2 Å². The number of allylic oxidation sites excluding steroid dienone is 2. The molecule has 0 saturated carbocycles. The van der Waals surface area contributed by atoms with Crippen LogP contribution in [-0.2, 0) is 21.2 Å². The number of nitrogens with zero attached hydrogens (tertiary/aromatic N) is 1. The third-order valence-electron chi connectivity index (χ3n) is 4.40. The van der Waals surface area contributed by atoms with Crippen LogP contribution in [0.5, 0.6) is 0 Å². The SMILES string of the molecule is CS(=O)(=O)N1CCc2cc(C(=O)OCC3CC=CCC3)ccc21. The average Bonchev–Trinajstić information content (AvgIpc) is 2.96. The van der Waals surface area contributed by atoms with Crippen molar-refractivity contribution in [3.63, 3.8) is 0 Å². The molecule has 1 unspecified atom stereocenters. The summed E-state index contributed by atoms with van der Waals surface area (Å²) in [6.07, 6.45) is 9.17. The van der Waals surface area contributed by atoms with E-state index in [1.807, 2.05) is 0 Å². The highest BCUT2D eigenvalue weighted by Gasteiger charge is 2.27. The van der Waals surface area contributed by atoms with Gasteiger partial charge in [0.05, 0.1) is 24.1 Å². The summed E-state index contributed by atoms with van der Waals surface area (Å²) < 4.78 is 30.2. The minimum Gasteiger partial charge on any atom is -0.462 e. The molecule has 2 aliphatic rings. The molecule has 0 spiro atoms. The van der Waals surface area contributed by atoms with E-state index in [4.69, 9.17) is 4.74 Å². The minimum atomic E-state index is -3.26. The predicted octanol–water partition coefficient (Wildman–Crippen LogP) is 2.52. The summed E-state index contributed by atoms with van der Waals surface area (Å²) in [6, 6.07) is 5.10. The summed E-state index contributed by atoms with van der Waals surface area (Å²) in [6.45, 7) is 0.872. The third-order valence-corrected chi connectivity index (χ3v) is 5.58. The Morgan fingerprint density at radius 3 is 2.87 bits per heavy atom. The lowest BCUT2D eigenvalue weighted by molar-refractivity contribution is 0.0432. The molecule has 0 N–H and O–H groups in total. The van der Waals surface area contributed by atoms with E-state index in [2.05, 4.69) is 12.2 Å². The van der Waals surface area contributed by atoms with E-state index >= 15 is 0 Å². The molecule has 1 aliphatic heterocycles. The molecule has 124 valence electrons. The largest absolute Gasteiger partial charge is 0.462 e. The maximum atomic E-state index is 12.2. The molecular formula is C17H21NO4S. The normalized spacial score (nSPS) is 20.4. The first-order chi connectivity index (χ1) is 10.9. The first kappa shape index (κ1) is 16.1. The number of hydrogen-bond acceptors (Lipinski definition) is 4. The lowest BCUT2D eigenvalue weighted by Crippen LogP contribution is -2.27. The van der Waals surface area contributed by atoms with Crippen LogP contribution in [0.2, 0.25) is 0 Å². The van der Waals surface area contributed by atoms with Crippen molar-refractivity contribution in [1.82, 2.24) is 0 Å². The van der Waals surface area contributed by atoms with Crippen LogP contribution in [0.15, 0.2) is 30.4 Å². The summed E-state index contributed by atoms with van der Waals surface area (Å²) in [7, 11) is -3.26. The van der Waals surface area contributed by atoms with Gasteiger partial charge in [-0.1, -0.05) is 12.2 Å². The van der Waals surface area contributed by atoms with Crippen molar-refractivity contribution in [2.24, 2.45) is 5.92 Å². The summed E-state index contributed by atoms with van der Waals surface area (Å²) in [4.78, 5) is 12.2. The van der Waals surface area contributed by atoms with Gasteiger partial charge in [-0.25, -0.2) is 13.2 Å². The van der Waals surface area contributed by atoms with E-state index in [0.29, 0.717) is 36.7 Å². The van der Waals surface area contributed by atoms with Gasteiger partial charge in [-0.15, -0.1) is 0 Å². The number of carbonyl (C=O) groups is 1. The Morgan fingerprint density at radius 2 is 2.17 bits per heavy atom. The summed E-state index contributed by atoms with van der Waals surface area (Å²) in [5, 5.41) is 0. The molecule has 1 aromatic carbocycles. The number of carbonyl (C=O) groups excluding carboxylic acids is 1. The van der Waals surface area contributed by atoms with Gasteiger partial charge in [0.25, 0.3) is 0 Å². The fourth-order valence-electron chi connectivity index (χ4n) is 3.13. The molecule has 0 fully saturated rings. The highest BCUT2D eigenvalue weighted by atomic mass is 32.2. The van der Waals surface area contributed by atoms with Crippen LogP contribution in [-0.4, -0.2) is 33.8 Å². The molecule has 1 heterocycles. The predicted molar refractivity (Wildman–Crippen MR) is 89.1 cm³/mol. The number of esters is 1. The van der Waals surface area contributed by atoms with Gasteiger partial charge in [0.2, 0.25) is 10.0 Å². The number of rotatable bonds is 4. The van der Waals surface area contributed by atoms with Crippen molar-refractivity contribution in [2.75, 3.05) is 23.7 Å². The Hall–Kier alpha value is -1.82. The lowest BCUT2D eigenvalue weighted by Gasteiger charge is -2.18. The van der Waals surface area contributed by atoms with Crippen LogP contribution >= 0.6 is 0 Å². The van der Waals surface area contributed by atoms with Crippen LogP contribution in [0.4, 0.5) is 5.69 Å². The summed E-state index contributed by atoms with van der Waals surface area (Å²) in [5.74, 6) is 0.0688. The maximum Gasteiger partial charge on any atom is 0.338 e. The maximum absolute atomic E-state index is 12.2. The van der Waals surface area contributed by atoms with Gasteiger partial charge < -0.3 is 4.74 Å². The average molecular weight is 335 g/mol. The monoisotopic (exact) mass is 335 g/mol. The first-order valence-electron chi connectivity index (χ1n) is 7.88. The van der Waals surface area contributed by atoms with Crippen LogP contribution < -0.4 is 4.31 Å². The topological polar surface area (TPSA) is 63.7 Å². The zero-order valence-corrected chi connectivity index (χ0v) is 14.0. The van der Waals surface area contributed by atoms with E-state index in [0.717, 1.165) is 24.8 Å². The Labute approximate surface area is 137 Å². The van der Waals surface area contributed by atoms with Crippen molar-refractivity contribution in [3.8, 4) is 0 Å². The van der Waals surface area contributed by atoms with Crippen molar-refractivity contribution >= 4 is 21.7 Å². The van der Waals surface area contributed by atoms with E-state index in [1.165, 1.54) is 10.6 Å². The molecule has 1 aliphatic carbocycles. The number of anilines is 1. The lowest BCUT2D eigenvalue weighted by atomic mass is 9.95. The zero-order valence-electron chi connectivity index (χ0n) is 13.2. The number of fused-ring (bicyclic) bond motifs is 1. The number of sulfonamides is 1. The Kier molecular flexibility index (Phi) is 4.43. The molecule has 5 nitrogen and oxygen atoms in total. The Balaban J connectivity index is 1.67. The molecular weight excluding hydrogens is 314 g/mol. The molecule has 0 bridgehead atoms. The van der Waals surface area contributed by atoms with Gasteiger partial charge in [0, 0.05) is 6.54 Å². The van der Waals surface area contributed by atoms with Crippen molar-refractivity contribution in [3.05, 3.63) is 41.5 Å². The fraction of sp³-hybridized carbons (Fsp3) is 0.471. The Morgan fingerprint density at radius 1 is 1.35 bits per heavy atom. The summed E-state index contributed by atoms with van der Waals surface area (Å²) in [5.41, 5.74) is 2.04. The number of benzene rings is 1. The second-order valence-electron chi connectivity index (χ2n) is 6.18. The summed E-state index contributed by atoms with van der Waals surface area (Å²) >= 11 is 0. The van der Waals surface area contributed by atoms with Crippen LogP contribution in [0.25, 0.3) is 0 Å². The molecule has 1 atom stereocenters. The molecule has 0 radical (unpaired) electrons. The fourth-order valence-corrected chi connectivity index (χ4v) is 4.09. The highest BCUT2D eigenvalue weighted by molar-refractivity contribution is 7.92. The molecule has 1 aromatic rings. The van der Waals surface area contributed by atoms with Crippen molar-refractivity contribution in [2.45, 2.75) is 25.7 Å². The number of hydrogen-bond donors (Lipinski definition) is 0. The van der Waals surface area contributed by atoms with Gasteiger partial charge in [-0.3, -0.25) is 4.31 Å². The second-order valence-corrected chi connectivity index (χ2v) is 8.08. The Bertz CT molecular complexity index is 739. The molecule has 6 heteroatoms. The first-order valence-corrected chi connectivity index (χ1v) is 9.73. The van der Waals surface area contributed by atoms with E-state index in [9.17, 15) is 13.2 Å². The van der Waals surface area contributed by atoms with Gasteiger partial charge in [0.15, 0.2) is 0 Å². The van der Waals surface area contributed by atoms with Crippen LogP contribution in [0, 0.1) is 5.92 Å². The molecule has 23 heavy (non-hydrogen) atoms. The highest BCUT2D eigenvalue weighted by Crippen LogP contribution is 2.31. The van der Waals surface area contributed by atoms with Gasteiger partial charge >= 0.3 is 5.97 Å². The standard InChI is InChI=1S/C17H21NO4S/c1-23(20,21)18-10-9-14-11-15(7-8-16(14)18)17(19)22-12-13-5-3-2-4-6-13/h2-3,7-8,11,13H,4-6,9-10,12H2,1H3. The molecule has 0 aromatic heterocycles. The third kappa shape index (κ3) is 3.58. The van der Waals surface area contributed by atoms with Crippen molar-refractivity contribution in [1.29, 1.82) is 0 Å². The number of ether oxygens (including phenoxy) is 1. The van der Waals surface area contributed by atoms with E-state index in [-0.39, 0.29) is 5.97 Å². The molecule has 3 rings (SSSR count). The molecule has 0 saturated heterocycles. The van der Waals surface area contributed by atoms with Gasteiger partial charge in [0.1, 0.15) is 0 Å². The van der Waals surface area contributed by atoms with E-state index < -0.39 is 10.0 Å². The zero-order chi connectivity index (χ0) is 16.4. The minimum absolute atomic E-state index is 0.333. The van der Waals surface area contributed by atoms with Crippen LogP contribution in [0.3, 0.4) is 0 Å². The van der Waals surface area contributed by atoms with Gasteiger partial charge in [-0.05, 0) is 55.4 Å². The van der Waals surface area contributed by atoms with Gasteiger partial charge in [-0.2, -0.15) is 0 Å². The second kappa shape index (κ2) is 6.35.